The van der Waals surface area contributed by atoms with Gasteiger partial charge in [-0.2, -0.15) is 0 Å². The Morgan fingerprint density at radius 2 is 1.80 bits per heavy atom. The summed E-state index contributed by atoms with van der Waals surface area (Å²) in [5, 5.41) is 8.94. The van der Waals surface area contributed by atoms with Gasteiger partial charge in [-0.1, -0.05) is 6.07 Å². The molecule has 1 aromatic carbocycles. The molecule has 4 rings (SSSR count). The number of carbonyl (C=O) groups excluding carboxylic acids is 1. The number of carboxylic acids is 1. The lowest BCUT2D eigenvalue weighted by Gasteiger charge is -2.26. The van der Waals surface area contributed by atoms with Crippen molar-refractivity contribution in [2.45, 2.75) is 18.9 Å². The predicted molar refractivity (Wildman–Crippen MR) is 86.1 cm³/mol. The van der Waals surface area contributed by atoms with Gasteiger partial charge in [0.1, 0.15) is 13.2 Å². The lowest BCUT2D eigenvalue weighted by molar-refractivity contribution is 0.0645. The van der Waals surface area contributed by atoms with E-state index in [1.165, 1.54) is 12.1 Å². The van der Waals surface area contributed by atoms with Crippen LogP contribution in [0.15, 0.2) is 34.7 Å². The van der Waals surface area contributed by atoms with Crippen molar-refractivity contribution in [2.75, 3.05) is 19.8 Å². The van der Waals surface area contributed by atoms with Crippen molar-refractivity contribution in [2.24, 2.45) is 0 Å². The Balaban J connectivity index is 1.59. The highest BCUT2D eigenvalue weighted by Gasteiger charge is 2.33. The standard InChI is InChI=1S/C18H17NO6/c20-17(14-5-6-15(25-14)18(21)22)19-7-1-2-12(19)11-3-4-13-16(10-11)24-9-8-23-13/h3-6,10,12H,1-2,7-9H2,(H,21,22). The number of hydrogen-bond acceptors (Lipinski definition) is 5. The van der Waals surface area contributed by atoms with E-state index in [1.54, 1.807) is 4.90 Å². The van der Waals surface area contributed by atoms with E-state index in [2.05, 4.69) is 0 Å². The SMILES string of the molecule is O=C(O)c1ccc(C(=O)N2CCCC2c2ccc3c(c2)OCCO3)o1. The first-order chi connectivity index (χ1) is 12.1. The van der Waals surface area contributed by atoms with Crippen molar-refractivity contribution in [3.63, 3.8) is 0 Å². The van der Waals surface area contributed by atoms with Crippen LogP contribution in [0.1, 0.15) is 45.6 Å². The Morgan fingerprint density at radius 1 is 1.04 bits per heavy atom. The molecular weight excluding hydrogens is 326 g/mol. The summed E-state index contributed by atoms with van der Waals surface area (Å²) in [5.41, 5.74) is 0.972. The fourth-order valence-corrected chi connectivity index (χ4v) is 3.33. The second-order valence-electron chi connectivity index (χ2n) is 6.03. The summed E-state index contributed by atoms with van der Waals surface area (Å²) in [5.74, 6) is -0.286. The number of carbonyl (C=O) groups is 2. The summed E-state index contributed by atoms with van der Waals surface area (Å²) < 4.78 is 16.3. The summed E-state index contributed by atoms with van der Waals surface area (Å²) in [7, 11) is 0. The molecule has 1 atom stereocenters. The third-order valence-corrected chi connectivity index (χ3v) is 4.49. The molecule has 2 aromatic rings. The number of furan rings is 1. The number of fused-ring (bicyclic) bond motifs is 1. The zero-order chi connectivity index (χ0) is 17.4. The Labute approximate surface area is 143 Å². The van der Waals surface area contributed by atoms with Crippen molar-refractivity contribution in [3.05, 3.63) is 47.4 Å². The Morgan fingerprint density at radius 3 is 2.56 bits per heavy atom. The number of carboxylic acid groups (broad SMARTS) is 1. The van der Waals surface area contributed by atoms with E-state index >= 15 is 0 Å². The zero-order valence-electron chi connectivity index (χ0n) is 13.4. The van der Waals surface area contributed by atoms with E-state index in [9.17, 15) is 9.59 Å². The number of amides is 1. The van der Waals surface area contributed by atoms with Crippen LogP contribution in [-0.2, 0) is 0 Å². The molecule has 1 saturated heterocycles. The van der Waals surface area contributed by atoms with Gasteiger partial charge in [-0.15, -0.1) is 0 Å². The Hall–Kier alpha value is -2.96. The van der Waals surface area contributed by atoms with Gasteiger partial charge in [-0.05, 0) is 42.7 Å². The fraction of sp³-hybridized carbons (Fsp3) is 0.333. The average Bonchev–Trinajstić information content (AvgIpc) is 3.30. The van der Waals surface area contributed by atoms with E-state index in [0.29, 0.717) is 31.3 Å². The predicted octanol–water partition coefficient (Wildman–Crippen LogP) is 2.73. The van der Waals surface area contributed by atoms with Gasteiger partial charge in [-0.3, -0.25) is 4.79 Å². The quantitative estimate of drug-likeness (QED) is 0.922. The molecule has 25 heavy (non-hydrogen) atoms. The third kappa shape index (κ3) is 2.82. The van der Waals surface area contributed by atoms with Crippen LogP contribution < -0.4 is 9.47 Å². The summed E-state index contributed by atoms with van der Waals surface area (Å²) in [6, 6.07) is 8.32. The average molecular weight is 343 g/mol. The fourth-order valence-electron chi connectivity index (χ4n) is 3.33. The lowest BCUT2D eigenvalue weighted by Crippen LogP contribution is -2.30. The molecule has 1 amide bonds. The lowest BCUT2D eigenvalue weighted by atomic mass is 10.0. The van der Waals surface area contributed by atoms with Crippen molar-refractivity contribution in [1.29, 1.82) is 0 Å². The topological polar surface area (TPSA) is 89.2 Å². The van der Waals surface area contributed by atoms with E-state index in [0.717, 1.165) is 18.4 Å². The molecule has 0 spiro atoms. The number of likely N-dealkylation sites (tertiary alicyclic amines) is 1. The Bertz CT molecular complexity index is 827. The highest BCUT2D eigenvalue weighted by Crippen LogP contribution is 2.38. The largest absolute Gasteiger partial charge is 0.486 e. The van der Waals surface area contributed by atoms with Gasteiger partial charge >= 0.3 is 5.97 Å². The maximum absolute atomic E-state index is 12.7. The second-order valence-corrected chi connectivity index (χ2v) is 6.03. The van der Waals surface area contributed by atoms with E-state index in [4.69, 9.17) is 19.0 Å². The van der Waals surface area contributed by atoms with Crippen LogP contribution in [0.25, 0.3) is 0 Å². The normalized spacial score (nSPS) is 19.0. The zero-order valence-corrected chi connectivity index (χ0v) is 13.4. The molecule has 0 bridgehead atoms. The molecule has 2 aliphatic rings. The minimum atomic E-state index is -1.19. The number of benzene rings is 1. The Kier molecular flexibility index (Phi) is 3.83. The molecule has 130 valence electrons. The summed E-state index contributed by atoms with van der Waals surface area (Å²) >= 11 is 0. The van der Waals surface area contributed by atoms with Gasteiger partial charge in [0.25, 0.3) is 5.91 Å². The van der Waals surface area contributed by atoms with E-state index < -0.39 is 5.97 Å². The number of nitrogens with zero attached hydrogens (tertiary/aromatic N) is 1. The summed E-state index contributed by atoms with van der Waals surface area (Å²) in [6.07, 6.45) is 1.70. The first-order valence-electron chi connectivity index (χ1n) is 8.17. The summed E-state index contributed by atoms with van der Waals surface area (Å²) in [4.78, 5) is 25.4. The third-order valence-electron chi connectivity index (χ3n) is 4.49. The van der Waals surface area contributed by atoms with Crippen molar-refractivity contribution in [1.82, 2.24) is 4.90 Å². The molecule has 0 aliphatic carbocycles. The van der Waals surface area contributed by atoms with Crippen molar-refractivity contribution in [3.8, 4) is 11.5 Å². The molecule has 1 N–H and O–H groups in total. The molecule has 7 heteroatoms. The van der Waals surface area contributed by atoms with Crippen LogP contribution in [0.4, 0.5) is 0 Å². The first-order valence-corrected chi connectivity index (χ1v) is 8.17. The number of rotatable bonds is 3. The van der Waals surface area contributed by atoms with Crippen LogP contribution in [0.3, 0.4) is 0 Å². The van der Waals surface area contributed by atoms with Gasteiger partial charge < -0.3 is 23.9 Å². The molecule has 1 fully saturated rings. The number of ether oxygens (including phenoxy) is 2. The first kappa shape index (κ1) is 15.6. The molecule has 1 unspecified atom stereocenters. The summed E-state index contributed by atoms with van der Waals surface area (Å²) in [6.45, 7) is 1.64. The van der Waals surface area contributed by atoms with Gasteiger partial charge in [0.2, 0.25) is 5.76 Å². The number of hydrogen-bond donors (Lipinski definition) is 1. The van der Waals surface area contributed by atoms with Crippen LogP contribution in [0, 0.1) is 0 Å². The monoisotopic (exact) mass is 343 g/mol. The second kappa shape index (κ2) is 6.16. The molecule has 3 heterocycles. The maximum Gasteiger partial charge on any atom is 0.371 e. The molecule has 0 radical (unpaired) electrons. The smallest absolute Gasteiger partial charge is 0.371 e. The van der Waals surface area contributed by atoms with Gasteiger partial charge in [-0.25, -0.2) is 4.79 Å². The molecule has 1 aromatic heterocycles. The van der Waals surface area contributed by atoms with Crippen LogP contribution in [0.5, 0.6) is 11.5 Å². The minimum absolute atomic E-state index is 0.0434. The van der Waals surface area contributed by atoms with Crippen molar-refractivity contribution < 1.29 is 28.6 Å². The molecule has 2 aliphatic heterocycles. The molecule has 7 nitrogen and oxygen atoms in total. The van der Waals surface area contributed by atoms with E-state index in [-0.39, 0.29) is 23.5 Å². The minimum Gasteiger partial charge on any atom is -0.486 e. The van der Waals surface area contributed by atoms with Gasteiger partial charge in [0.15, 0.2) is 17.3 Å². The maximum atomic E-state index is 12.7. The van der Waals surface area contributed by atoms with E-state index in [1.807, 2.05) is 18.2 Å². The number of aromatic carboxylic acids is 1. The molecular formula is C18H17NO6. The van der Waals surface area contributed by atoms with Crippen LogP contribution in [0.2, 0.25) is 0 Å². The highest BCUT2D eigenvalue weighted by atomic mass is 16.6. The van der Waals surface area contributed by atoms with Crippen molar-refractivity contribution >= 4 is 11.9 Å². The highest BCUT2D eigenvalue weighted by molar-refractivity contribution is 5.94. The van der Waals surface area contributed by atoms with Crippen LogP contribution in [-0.4, -0.2) is 41.6 Å². The van der Waals surface area contributed by atoms with Gasteiger partial charge in [0, 0.05) is 6.54 Å². The van der Waals surface area contributed by atoms with Gasteiger partial charge in [0.05, 0.1) is 6.04 Å². The van der Waals surface area contributed by atoms with Crippen LogP contribution >= 0.6 is 0 Å². The molecule has 0 saturated carbocycles.